The number of fused-ring (bicyclic) bond motifs is 10. The van der Waals surface area contributed by atoms with E-state index in [1.54, 1.807) is 4.57 Å². The fourth-order valence-electron chi connectivity index (χ4n) is 15.5. The lowest BCUT2D eigenvalue weighted by Gasteiger charge is -2.45. The van der Waals surface area contributed by atoms with Crippen molar-refractivity contribution < 1.29 is 16.4 Å². The zero-order chi connectivity index (χ0) is 74.0. The second kappa shape index (κ2) is 21.8. The van der Waals surface area contributed by atoms with Crippen LogP contribution < -0.4 is 26.2 Å². The zero-order valence-electron chi connectivity index (χ0n) is 64.1. The minimum absolute atomic E-state index is 0.0248. The van der Waals surface area contributed by atoms with Crippen LogP contribution >= 0.6 is 0 Å². The second-order valence-electron chi connectivity index (χ2n) is 25.7. The average Bonchev–Trinajstić information content (AvgIpc) is 1.68. The summed E-state index contributed by atoms with van der Waals surface area (Å²) in [6, 6.07) is 84.9. The largest absolute Gasteiger partial charge is 0.311 e. The van der Waals surface area contributed by atoms with Crippen LogP contribution in [0, 0.1) is 11.3 Å². The molecule has 1 aliphatic carbocycles. The molecule has 5 heteroatoms. The van der Waals surface area contributed by atoms with Gasteiger partial charge in [-0.3, -0.25) is 0 Å². The van der Waals surface area contributed by atoms with Gasteiger partial charge in [-0.2, -0.15) is 5.26 Å². The van der Waals surface area contributed by atoms with Crippen molar-refractivity contribution in [2.75, 3.05) is 9.80 Å². The molecule has 0 saturated carbocycles. The summed E-state index contributed by atoms with van der Waals surface area (Å²) in [5, 5.41) is 10.4. The number of nitriles is 1. The Morgan fingerprint density at radius 2 is 0.989 bits per heavy atom. The van der Waals surface area contributed by atoms with Crippen molar-refractivity contribution in [2.45, 2.75) is 31.6 Å². The summed E-state index contributed by atoms with van der Waals surface area (Å²) in [5.41, 5.74) is 19.0. The smallest absolute Gasteiger partial charge is 0.252 e. The van der Waals surface area contributed by atoms with Crippen LogP contribution in [0.4, 0.5) is 34.1 Å². The molecule has 0 N–H and O–H groups in total. The van der Waals surface area contributed by atoms with E-state index in [-0.39, 0.29) is 44.9 Å². The summed E-state index contributed by atoms with van der Waals surface area (Å²) in [4.78, 5) is 4.62. The first kappa shape index (κ1) is 44.5. The molecule has 0 atom stereocenters. The summed E-state index contributed by atoms with van der Waals surface area (Å²) in [6.07, 6.45) is 0. The first-order valence-electron chi connectivity index (χ1n) is 38.0. The Bertz CT molecular complexity index is 6230. The summed E-state index contributed by atoms with van der Waals surface area (Å²) in [5.74, 6) is 0. The predicted octanol–water partition coefficient (Wildman–Crippen LogP) is 21.1. The van der Waals surface area contributed by atoms with Crippen LogP contribution in [0.5, 0.6) is 0 Å². The van der Waals surface area contributed by atoms with E-state index >= 15 is 0 Å². The van der Waals surface area contributed by atoms with Gasteiger partial charge in [0.25, 0.3) is 6.71 Å². The van der Waals surface area contributed by atoms with Crippen LogP contribution in [0.1, 0.15) is 70.6 Å². The van der Waals surface area contributed by atoms with Crippen molar-refractivity contribution in [2.24, 2.45) is 0 Å². The summed E-state index contributed by atoms with van der Waals surface area (Å²) >= 11 is 0. The van der Waals surface area contributed by atoms with E-state index in [0.717, 1.165) is 117 Å². The Morgan fingerprint density at radius 1 is 0.411 bits per heavy atom. The van der Waals surface area contributed by atoms with Gasteiger partial charge in [-0.1, -0.05) is 281 Å². The number of rotatable bonds is 9. The number of nitrogens with zero attached hydrogens (tertiary/aromatic N) is 4. The number of hydrogen-bond donors (Lipinski definition) is 0. The minimum atomic E-state index is -0.878. The second-order valence-corrected chi connectivity index (χ2v) is 25.7. The standard InChI is InChI=1S/C90H63BN4/c1-89(2,3)65-45-47-68(48-46-65)93-83-57-69(94-80-42-22-20-36-74(80)76-53-59(58-92)43-51-81(76)94)49-50-78(83)91-79-54-63(60-25-9-4-10-26-60)44-52-82(79)95(88-71(61-27-11-5-12-28-61)38-24-39-72(88)62-29-13-6-14-30-62)85-56-64(55-84(93)87(85)91)70-37-23-40-75-73-35-19-21-41-77(73)90(86(70)75,66-31-15-7-16-32-66)67-33-17-8-18-34-67/h4-57H,1-3H3/i4D,9D,10D,20D,22D,25D,26D,36D,42D,43D,51D,53D. The normalized spacial score (nSPS) is 15.0. The maximum absolute atomic E-state index is 10.5. The van der Waals surface area contributed by atoms with Crippen molar-refractivity contribution in [3.05, 3.63) is 361 Å². The Hall–Kier alpha value is -12.0. The molecule has 15 aromatic rings. The molecule has 14 aromatic carbocycles. The molecule has 4 nitrogen and oxygen atoms in total. The van der Waals surface area contributed by atoms with E-state index in [2.05, 4.69) is 213 Å². The van der Waals surface area contributed by atoms with Gasteiger partial charge in [-0.05, 0) is 161 Å². The van der Waals surface area contributed by atoms with Gasteiger partial charge in [0.05, 0.1) is 50.2 Å². The molecule has 0 amide bonds. The number of para-hydroxylation sites is 2. The van der Waals surface area contributed by atoms with E-state index in [0.29, 0.717) is 16.9 Å². The third kappa shape index (κ3) is 8.61. The maximum atomic E-state index is 10.5. The van der Waals surface area contributed by atoms with Gasteiger partial charge >= 0.3 is 0 Å². The molecule has 446 valence electrons. The maximum Gasteiger partial charge on any atom is 0.252 e. The summed E-state index contributed by atoms with van der Waals surface area (Å²) in [6.45, 7) is 5.76. The lowest BCUT2D eigenvalue weighted by atomic mass is 9.33. The highest BCUT2D eigenvalue weighted by Crippen LogP contribution is 2.60. The van der Waals surface area contributed by atoms with Gasteiger partial charge in [-0.15, -0.1) is 0 Å². The Kier molecular flexibility index (Phi) is 10.2. The monoisotopic (exact) mass is 1220 g/mol. The van der Waals surface area contributed by atoms with Crippen molar-refractivity contribution in [3.8, 4) is 67.4 Å². The summed E-state index contributed by atoms with van der Waals surface area (Å²) in [7, 11) is 0. The molecular weight excluding hydrogens is 1150 g/mol. The molecule has 0 spiro atoms. The van der Waals surface area contributed by atoms with Crippen LogP contribution in [-0.4, -0.2) is 11.3 Å². The third-order valence-electron chi connectivity index (χ3n) is 19.6. The number of hydrogen-bond acceptors (Lipinski definition) is 3. The van der Waals surface area contributed by atoms with Crippen LogP contribution in [0.15, 0.2) is 327 Å². The van der Waals surface area contributed by atoms with E-state index in [9.17, 15) is 16.2 Å². The molecule has 0 bridgehead atoms. The quantitative estimate of drug-likeness (QED) is 0.135. The van der Waals surface area contributed by atoms with Crippen LogP contribution in [-0.2, 0) is 10.8 Å². The molecule has 0 saturated heterocycles. The van der Waals surface area contributed by atoms with E-state index < -0.39 is 78.1 Å². The molecular formula is C90H63BN4. The Morgan fingerprint density at radius 3 is 1.66 bits per heavy atom. The molecule has 1 aromatic heterocycles. The Balaban J connectivity index is 1.04. The van der Waals surface area contributed by atoms with Crippen molar-refractivity contribution in [1.29, 1.82) is 5.26 Å². The van der Waals surface area contributed by atoms with Gasteiger partial charge in [-0.25, -0.2) is 0 Å². The van der Waals surface area contributed by atoms with E-state index in [1.807, 2.05) is 78.9 Å². The molecule has 2 aliphatic heterocycles. The topological polar surface area (TPSA) is 35.2 Å². The molecule has 0 radical (unpaired) electrons. The number of anilines is 6. The van der Waals surface area contributed by atoms with Gasteiger partial charge in [0, 0.05) is 56.0 Å². The van der Waals surface area contributed by atoms with Gasteiger partial charge in [0.15, 0.2) is 0 Å². The lowest BCUT2D eigenvalue weighted by molar-refractivity contribution is 0.590. The van der Waals surface area contributed by atoms with Crippen LogP contribution in [0.3, 0.4) is 0 Å². The molecule has 18 rings (SSSR count). The highest BCUT2D eigenvalue weighted by molar-refractivity contribution is 7.00. The molecule has 95 heavy (non-hydrogen) atoms. The van der Waals surface area contributed by atoms with Gasteiger partial charge < -0.3 is 14.4 Å². The molecule has 3 aliphatic rings. The average molecular weight is 1220 g/mol. The highest BCUT2D eigenvalue weighted by Gasteiger charge is 2.49. The van der Waals surface area contributed by atoms with Crippen LogP contribution in [0.25, 0.3) is 83.1 Å². The lowest BCUT2D eigenvalue weighted by Crippen LogP contribution is -2.61. The fourth-order valence-corrected chi connectivity index (χ4v) is 15.5. The first-order valence-corrected chi connectivity index (χ1v) is 32.0. The summed E-state index contributed by atoms with van der Waals surface area (Å²) < 4.78 is 114. The van der Waals surface area contributed by atoms with Gasteiger partial charge in [0.1, 0.15) is 0 Å². The minimum Gasteiger partial charge on any atom is -0.311 e. The number of aromatic nitrogens is 1. The number of benzene rings is 14. The molecule has 3 heterocycles. The zero-order valence-corrected chi connectivity index (χ0v) is 52.1. The fraction of sp³-hybridized carbons (Fsp3) is 0.0556. The Labute approximate surface area is 572 Å². The van der Waals surface area contributed by atoms with Crippen molar-refractivity contribution in [3.63, 3.8) is 0 Å². The van der Waals surface area contributed by atoms with Crippen molar-refractivity contribution in [1.82, 2.24) is 4.57 Å². The predicted molar refractivity (Wildman–Crippen MR) is 397 cm³/mol. The van der Waals surface area contributed by atoms with Crippen LogP contribution in [0.2, 0.25) is 0 Å². The SMILES string of the molecule is [2H]c1c([2H])c([2H])c(-c2ccc3c(c2)B2c4ccc(-n5c6c([2H])c([2H])c([2H])c([2H])c6c6c([2H])c(C#N)c([2H])c([2H])c65)cc4N(c4ccc(C(C)(C)C)cc4)c4cc(-c5cccc6c5C(c5ccccc5)(c5ccccc5)c5ccccc5-6)cc(c42)N3c2c(-c3ccccc3)cccc2-c2ccccc2)c([2H])c1[2H]. The molecule has 0 fully saturated rings. The third-order valence-corrected chi connectivity index (χ3v) is 19.6. The first-order chi connectivity index (χ1) is 51.7. The van der Waals surface area contributed by atoms with E-state index in [1.165, 1.54) is 0 Å². The highest BCUT2D eigenvalue weighted by atomic mass is 15.2. The van der Waals surface area contributed by atoms with Crippen molar-refractivity contribution >= 4 is 79.0 Å². The molecule has 0 unspecified atom stereocenters. The van der Waals surface area contributed by atoms with E-state index in [4.69, 9.17) is 5.48 Å². The van der Waals surface area contributed by atoms with Gasteiger partial charge in [0.2, 0.25) is 0 Å².